The highest BCUT2D eigenvalue weighted by atomic mass is 35.5. The van der Waals surface area contributed by atoms with Crippen LogP contribution in [0.25, 0.3) is 11.1 Å². The van der Waals surface area contributed by atoms with Gasteiger partial charge < -0.3 is 10.2 Å². The minimum Gasteiger partial charge on any atom is -0.351 e. The van der Waals surface area contributed by atoms with Crippen LogP contribution in [0.2, 0.25) is 5.15 Å². The quantitative estimate of drug-likeness (QED) is 0.513. The summed E-state index contributed by atoms with van der Waals surface area (Å²) >= 11 is 5.80. The Balaban J connectivity index is 1.67. The Morgan fingerprint density at radius 3 is 2.72 bits per heavy atom. The molecule has 0 spiro atoms. The fourth-order valence-electron chi connectivity index (χ4n) is 2.70. The van der Waals surface area contributed by atoms with Gasteiger partial charge in [0.05, 0.1) is 0 Å². The van der Waals surface area contributed by atoms with E-state index in [1.54, 1.807) is 12.3 Å². The summed E-state index contributed by atoms with van der Waals surface area (Å²) in [7, 11) is 1.51. The number of amides is 2. The van der Waals surface area contributed by atoms with Crippen molar-refractivity contribution in [2.45, 2.75) is 6.54 Å². The van der Waals surface area contributed by atoms with Crippen LogP contribution in [-0.4, -0.2) is 41.1 Å². The van der Waals surface area contributed by atoms with Crippen LogP contribution in [0.1, 0.15) is 5.56 Å². The highest BCUT2D eigenvalue weighted by Gasteiger charge is 2.41. The van der Waals surface area contributed by atoms with E-state index in [1.807, 2.05) is 30.3 Å². The molecule has 7 heteroatoms. The van der Waals surface area contributed by atoms with E-state index in [0.29, 0.717) is 5.15 Å². The maximum atomic E-state index is 12.2. The van der Waals surface area contributed by atoms with Crippen LogP contribution in [0.4, 0.5) is 0 Å². The number of pyridine rings is 1. The van der Waals surface area contributed by atoms with E-state index in [4.69, 9.17) is 11.6 Å². The maximum absolute atomic E-state index is 12.2. The van der Waals surface area contributed by atoms with Gasteiger partial charge in [0, 0.05) is 31.9 Å². The lowest BCUT2D eigenvalue weighted by Gasteiger charge is -2.11. The topological polar surface area (TPSA) is 79.4 Å². The van der Waals surface area contributed by atoms with Crippen molar-refractivity contribution in [1.29, 1.82) is 0 Å². The zero-order valence-electron chi connectivity index (χ0n) is 13.5. The van der Waals surface area contributed by atoms with Gasteiger partial charge in [0.2, 0.25) is 11.7 Å². The molecule has 2 aromatic rings. The van der Waals surface area contributed by atoms with Gasteiger partial charge in [-0.15, -0.1) is 0 Å². The zero-order chi connectivity index (χ0) is 18.0. The summed E-state index contributed by atoms with van der Waals surface area (Å²) in [6.07, 6.45) is 1.68. The number of likely N-dealkylation sites (N-methyl/N-ethyl adjacent to an activating group) is 1. The normalized spacial score (nSPS) is 17.0. The average molecular weight is 358 g/mol. The monoisotopic (exact) mass is 357 g/mol. The predicted molar refractivity (Wildman–Crippen MR) is 92.7 cm³/mol. The summed E-state index contributed by atoms with van der Waals surface area (Å²) in [5, 5.41) is 3.15. The molecule has 2 heterocycles. The number of likely N-dealkylation sites (tertiary alicyclic amines) is 1. The van der Waals surface area contributed by atoms with E-state index in [2.05, 4.69) is 10.3 Å². The van der Waals surface area contributed by atoms with Crippen LogP contribution in [-0.2, 0) is 20.9 Å². The van der Waals surface area contributed by atoms with Crippen LogP contribution in [0.15, 0.2) is 42.6 Å². The van der Waals surface area contributed by atoms with Gasteiger partial charge in [0.15, 0.2) is 0 Å². The number of carbonyl (C=O) groups is 3. The number of hydrogen-bond donors (Lipinski definition) is 1. The first-order valence-corrected chi connectivity index (χ1v) is 8.11. The molecule has 0 radical (unpaired) electrons. The molecule has 0 bridgehead atoms. The summed E-state index contributed by atoms with van der Waals surface area (Å²) in [6.45, 7) is 0.398. The second kappa shape index (κ2) is 7.03. The Hall–Kier alpha value is -2.73. The third kappa shape index (κ3) is 3.69. The highest BCUT2D eigenvalue weighted by Crippen LogP contribution is 2.21. The van der Waals surface area contributed by atoms with E-state index in [1.165, 1.54) is 11.9 Å². The number of nitrogens with one attached hydrogen (secondary N) is 1. The standard InChI is InChI=1S/C18H16ClN3O3/c1-22-10-14(16(23)18(22)25)17(24)21-8-11-3-2-4-12(7-11)13-5-6-15(19)20-9-13/h2-7,9,14H,8,10H2,1H3,(H,21,24). The number of aromatic nitrogens is 1. The van der Waals surface area contributed by atoms with E-state index >= 15 is 0 Å². The van der Waals surface area contributed by atoms with Crippen molar-refractivity contribution in [3.05, 3.63) is 53.3 Å². The van der Waals surface area contributed by atoms with E-state index in [-0.39, 0.29) is 13.1 Å². The Morgan fingerprint density at radius 2 is 2.08 bits per heavy atom. The molecule has 1 aromatic carbocycles. The average Bonchev–Trinajstić information content (AvgIpc) is 2.88. The van der Waals surface area contributed by atoms with Crippen molar-refractivity contribution in [3.8, 4) is 11.1 Å². The minimum atomic E-state index is -0.929. The van der Waals surface area contributed by atoms with Crippen molar-refractivity contribution in [3.63, 3.8) is 0 Å². The van der Waals surface area contributed by atoms with Gasteiger partial charge in [-0.1, -0.05) is 29.8 Å². The molecule has 0 aliphatic carbocycles. The summed E-state index contributed by atoms with van der Waals surface area (Å²) in [4.78, 5) is 40.8. The van der Waals surface area contributed by atoms with Gasteiger partial charge in [0.1, 0.15) is 11.1 Å². The fourth-order valence-corrected chi connectivity index (χ4v) is 2.81. The molecule has 1 atom stereocenters. The molecule has 1 N–H and O–H groups in total. The number of halogens is 1. The van der Waals surface area contributed by atoms with Crippen LogP contribution in [0.3, 0.4) is 0 Å². The summed E-state index contributed by atoms with van der Waals surface area (Å²) in [5.74, 6) is -2.62. The third-order valence-corrected chi connectivity index (χ3v) is 4.32. The second-order valence-electron chi connectivity index (χ2n) is 5.89. The van der Waals surface area contributed by atoms with Crippen LogP contribution in [0, 0.1) is 5.92 Å². The van der Waals surface area contributed by atoms with E-state index in [0.717, 1.165) is 16.7 Å². The molecule has 128 valence electrons. The number of carbonyl (C=O) groups excluding carboxylic acids is 3. The molecule has 1 aliphatic rings. The summed E-state index contributed by atoms with van der Waals surface area (Å²) in [5.41, 5.74) is 2.74. The first kappa shape index (κ1) is 17.1. The Labute approximate surface area is 149 Å². The number of Topliss-reactive ketones (excluding diaryl/α,β-unsaturated/α-hetero) is 1. The van der Waals surface area contributed by atoms with Crippen LogP contribution in [0.5, 0.6) is 0 Å². The number of nitrogens with zero attached hydrogens (tertiary/aromatic N) is 2. The van der Waals surface area contributed by atoms with Crippen molar-refractivity contribution in [2.24, 2.45) is 5.92 Å². The Morgan fingerprint density at radius 1 is 1.28 bits per heavy atom. The molecule has 1 aliphatic heterocycles. The van der Waals surface area contributed by atoms with Crippen molar-refractivity contribution in [1.82, 2.24) is 15.2 Å². The lowest BCUT2D eigenvalue weighted by Crippen LogP contribution is -2.35. The minimum absolute atomic E-state index is 0.125. The van der Waals surface area contributed by atoms with Gasteiger partial charge >= 0.3 is 0 Å². The zero-order valence-corrected chi connectivity index (χ0v) is 14.3. The van der Waals surface area contributed by atoms with E-state index in [9.17, 15) is 14.4 Å². The maximum Gasteiger partial charge on any atom is 0.290 e. The van der Waals surface area contributed by atoms with Crippen molar-refractivity contribution < 1.29 is 14.4 Å². The number of hydrogen-bond acceptors (Lipinski definition) is 4. The summed E-state index contributed by atoms with van der Waals surface area (Å²) in [6, 6.07) is 11.2. The van der Waals surface area contributed by atoms with E-state index < -0.39 is 23.5 Å². The molecule has 1 aromatic heterocycles. The van der Waals surface area contributed by atoms with Crippen molar-refractivity contribution in [2.75, 3.05) is 13.6 Å². The number of rotatable bonds is 4. The Kier molecular flexibility index (Phi) is 4.81. The molecule has 25 heavy (non-hydrogen) atoms. The van der Waals surface area contributed by atoms with Gasteiger partial charge in [-0.05, 0) is 29.3 Å². The smallest absolute Gasteiger partial charge is 0.290 e. The predicted octanol–water partition coefficient (Wildman–Crippen LogP) is 1.68. The first-order valence-electron chi connectivity index (χ1n) is 7.73. The molecular weight excluding hydrogens is 342 g/mol. The lowest BCUT2D eigenvalue weighted by atomic mass is 10.0. The first-order chi connectivity index (χ1) is 12.0. The summed E-state index contributed by atoms with van der Waals surface area (Å²) < 4.78 is 0. The Bertz CT molecular complexity index is 836. The van der Waals surface area contributed by atoms with Crippen LogP contribution >= 0.6 is 11.6 Å². The molecule has 3 rings (SSSR count). The molecule has 1 unspecified atom stereocenters. The molecule has 0 saturated carbocycles. The molecule has 1 fully saturated rings. The fraction of sp³-hybridized carbons (Fsp3) is 0.222. The van der Waals surface area contributed by atoms with Crippen molar-refractivity contribution >= 4 is 29.2 Å². The SMILES string of the molecule is CN1CC(C(=O)NCc2cccc(-c3ccc(Cl)nc3)c2)C(=O)C1=O. The second-order valence-corrected chi connectivity index (χ2v) is 6.28. The molecule has 1 saturated heterocycles. The van der Waals surface area contributed by atoms with Crippen LogP contribution < -0.4 is 5.32 Å². The molecular formula is C18H16ClN3O3. The van der Waals surface area contributed by atoms with Gasteiger partial charge in [0.25, 0.3) is 5.91 Å². The van der Waals surface area contributed by atoms with Gasteiger partial charge in [-0.3, -0.25) is 14.4 Å². The van der Waals surface area contributed by atoms with Gasteiger partial charge in [-0.2, -0.15) is 0 Å². The number of benzene rings is 1. The molecule has 6 nitrogen and oxygen atoms in total. The third-order valence-electron chi connectivity index (χ3n) is 4.10. The highest BCUT2D eigenvalue weighted by molar-refractivity contribution is 6.42. The molecule has 2 amide bonds. The lowest BCUT2D eigenvalue weighted by molar-refractivity contribution is -0.142. The van der Waals surface area contributed by atoms with Gasteiger partial charge in [-0.25, -0.2) is 4.98 Å². The number of ketones is 1. The largest absolute Gasteiger partial charge is 0.351 e.